The van der Waals surface area contributed by atoms with Crippen LogP contribution in [0.2, 0.25) is 5.02 Å². The third-order valence-electron chi connectivity index (χ3n) is 6.22. The third-order valence-corrected chi connectivity index (χ3v) is 7.44. The molecule has 1 N–H and O–H groups in total. The van der Waals surface area contributed by atoms with Crippen molar-refractivity contribution in [1.29, 1.82) is 0 Å². The van der Waals surface area contributed by atoms with E-state index >= 15 is 0 Å². The van der Waals surface area contributed by atoms with Crippen molar-refractivity contribution in [2.75, 3.05) is 13.7 Å². The van der Waals surface area contributed by atoms with E-state index in [0.717, 1.165) is 10.8 Å². The van der Waals surface area contributed by atoms with E-state index < -0.39 is 12.0 Å². The number of aromatic nitrogens is 1. The zero-order valence-electron chi connectivity index (χ0n) is 20.3. The minimum Gasteiger partial charge on any atom is -0.507 e. The van der Waals surface area contributed by atoms with Gasteiger partial charge in [-0.15, -0.1) is 0 Å². The number of allylic oxidation sites excluding steroid dienone is 1. The van der Waals surface area contributed by atoms with Gasteiger partial charge >= 0.3 is 5.97 Å². The summed E-state index contributed by atoms with van der Waals surface area (Å²) < 4.78 is 13.0. The van der Waals surface area contributed by atoms with Gasteiger partial charge in [-0.1, -0.05) is 53.3 Å². The Hall–Kier alpha value is -3.88. The molecule has 5 rings (SSSR count). The van der Waals surface area contributed by atoms with Crippen LogP contribution in [0, 0.1) is 0 Å². The largest absolute Gasteiger partial charge is 0.507 e. The maximum atomic E-state index is 13.9. The molecule has 0 saturated heterocycles. The lowest BCUT2D eigenvalue weighted by molar-refractivity contribution is -0.139. The van der Waals surface area contributed by atoms with E-state index in [2.05, 4.69) is 4.99 Å². The molecule has 37 heavy (non-hydrogen) atoms. The minimum absolute atomic E-state index is 0.00842. The van der Waals surface area contributed by atoms with Crippen molar-refractivity contribution in [3.8, 4) is 11.5 Å². The lowest BCUT2D eigenvalue weighted by atomic mass is 9.90. The summed E-state index contributed by atoms with van der Waals surface area (Å²) in [6.07, 6.45) is 1.58. The predicted molar refractivity (Wildman–Crippen MR) is 144 cm³/mol. The molecule has 1 unspecified atom stereocenters. The number of hydrogen-bond donors (Lipinski definition) is 1. The van der Waals surface area contributed by atoms with E-state index in [9.17, 15) is 14.7 Å². The average molecular weight is 535 g/mol. The Bertz CT molecular complexity index is 1770. The van der Waals surface area contributed by atoms with Crippen molar-refractivity contribution in [3.05, 3.63) is 102 Å². The highest BCUT2D eigenvalue weighted by Crippen LogP contribution is 2.40. The Morgan fingerprint density at radius 1 is 1.22 bits per heavy atom. The molecular weight excluding hydrogens is 512 g/mol. The summed E-state index contributed by atoms with van der Waals surface area (Å²) in [5.41, 5.74) is 1.42. The summed E-state index contributed by atoms with van der Waals surface area (Å²) in [7, 11) is 1.56. The predicted octanol–water partition coefficient (Wildman–Crippen LogP) is 4.32. The molecule has 7 nitrogen and oxygen atoms in total. The second kappa shape index (κ2) is 9.88. The van der Waals surface area contributed by atoms with Crippen LogP contribution in [-0.4, -0.2) is 29.4 Å². The Kier molecular flexibility index (Phi) is 6.62. The van der Waals surface area contributed by atoms with Crippen LogP contribution < -0.4 is 19.6 Å². The van der Waals surface area contributed by atoms with Gasteiger partial charge in [0.15, 0.2) is 4.80 Å². The smallest absolute Gasteiger partial charge is 0.338 e. The highest BCUT2D eigenvalue weighted by Gasteiger charge is 2.36. The zero-order valence-corrected chi connectivity index (χ0v) is 21.9. The number of phenols is 1. The molecule has 4 aromatic rings. The molecule has 2 heterocycles. The number of thiazole rings is 1. The molecule has 0 saturated carbocycles. The molecule has 1 aromatic heterocycles. The summed E-state index contributed by atoms with van der Waals surface area (Å²) in [5, 5.41) is 12.5. The molecule has 1 aliphatic rings. The number of hydrogen-bond acceptors (Lipinski definition) is 7. The van der Waals surface area contributed by atoms with Crippen LogP contribution in [0.15, 0.2) is 75.7 Å². The van der Waals surface area contributed by atoms with Crippen LogP contribution in [0.25, 0.3) is 16.8 Å². The maximum Gasteiger partial charge on any atom is 0.338 e. The number of phenolic OH excluding ortho intramolecular Hbond substituents is 1. The summed E-state index contributed by atoms with van der Waals surface area (Å²) in [5.74, 6) is -0.0290. The number of esters is 1. The number of benzene rings is 3. The maximum absolute atomic E-state index is 13.9. The number of carbonyl (C=O) groups is 1. The molecule has 0 radical (unpaired) electrons. The monoisotopic (exact) mass is 534 g/mol. The number of nitrogens with zero attached hydrogens (tertiary/aromatic N) is 2. The number of aromatic hydroxyl groups is 1. The average Bonchev–Trinajstić information content (AvgIpc) is 3.19. The van der Waals surface area contributed by atoms with Crippen LogP contribution in [0.4, 0.5) is 0 Å². The molecule has 0 aliphatic carbocycles. The van der Waals surface area contributed by atoms with E-state index in [1.165, 1.54) is 22.0 Å². The molecule has 1 atom stereocenters. The van der Waals surface area contributed by atoms with Gasteiger partial charge in [0, 0.05) is 16.1 Å². The fourth-order valence-electron chi connectivity index (χ4n) is 4.58. The molecule has 3 aromatic carbocycles. The van der Waals surface area contributed by atoms with Gasteiger partial charge in [-0.25, -0.2) is 9.79 Å². The van der Waals surface area contributed by atoms with Crippen molar-refractivity contribution in [2.45, 2.75) is 19.9 Å². The van der Waals surface area contributed by atoms with Crippen molar-refractivity contribution >= 4 is 45.8 Å². The summed E-state index contributed by atoms with van der Waals surface area (Å²) in [6.45, 7) is 3.64. The second-order valence-corrected chi connectivity index (χ2v) is 9.85. The first-order valence-electron chi connectivity index (χ1n) is 11.6. The number of carbonyl (C=O) groups excluding carboxylic acids is 1. The third kappa shape index (κ3) is 4.32. The van der Waals surface area contributed by atoms with Gasteiger partial charge in [0.1, 0.15) is 17.5 Å². The Morgan fingerprint density at radius 3 is 2.76 bits per heavy atom. The first-order chi connectivity index (χ1) is 17.8. The molecule has 9 heteroatoms. The van der Waals surface area contributed by atoms with Crippen LogP contribution in [0.1, 0.15) is 31.0 Å². The standard InChI is InChI=1S/C28H23ClN2O5S/c1-4-36-27(34)23-15(2)30-28-31(26(33)22(37-28)14-17-13-18(29)10-11-20(17)32)25(23)24-19-8-6-5-7-16(19)9-12-21(24)35-3/h5-14,25,32H,4H2,1-3H3. The molecule has 0 fully saturated rings. The number of ether oxygens (including phenoxy) is 2. The van der Waals surface area contributed by atoms with Crippen molar-refractivity contribution in [1.82, 2.24) is 4.57 Å². The Morgan fingerprint density at radius 2 is 2.00 bits per heavy atom. The lowest BCUT2D eigenvalue weighted by Crippen LogP contribution is -2.40. The fourth-order valence-corrected chi connectivity index (χ4v) is 5.80. The number of fused-ring (bicyclic) bond motifs is 2. The van der Waals surface area contributed by atoms with Crippen molar-refractivity contribution in [2.24, 2.45) is 4.99 Å². The quantitative estimate of drug-likeness (QED) is 0.385. The van der Waals surface area contributed by atoms with E-state index in [0.29, 0.717) is 36.9 Å². The highest BCUT2D eigenvalue weighted by atomic mass is 35.5. The SMILES string of the molecule is CCOC(=O)C1=C(C)N=c2sc(=Cc3cc(Cl)ccc3O)c(=O)n2C1c1c(OC)ccc2ccccc12. The summed E-state index contributed by atoms with van der Waals surface area (Å²) in [6, 6.07) is 15.3. The molecule has 0 bridgehead atoms. The van der Waals surface area contributed by atoms with Gasteiger partial charge in [-0.05, 0) is 55.0 Å². The van der Waals surface area contributed by atoms with Gasteiger partial charge in [0.05, 0.1) is 29.5 Å². The van der Waals surface area contributed by atoms with Gasteiger partial charge in [0.2, 0.25) is 0 Å². The topological polar surface area (TPSA) is 90.1 Å². The normalized spacial score (nSPS) is 15.5. The van der Waals surface area contributed by atoms with E-state index in [-0.39, 0.29) is 23.5 Å². The zero-order chi connectivity index (χ0) is 26.3. The first-order valence-corrected chi connectivity index (χ1v) is 12.8. The minimum atomic E-state index is -0.841. The fraction of sp³-hybridized carbons (Fsp3) is 0.179. The van der Waals surface area contributed by atoms with Gasteiger partial charge < -0.3 is 14.6 Å². The van der Waals surface area contributed by atoms with Gasteiger partial charge in [-0.3, -0.25) is 9.36 Å². The van der Waals surface area contributed by atoms with E-state index in [1.54, 1.807) is 39.2 Å². The Labute approximate surface area is 221 Å². The molecule has 0 amide bonds. The number of methoxy groups -OCH3 is 1. The van der Waals surface area contributed by atoms with Gasteiger partial charge in [-0.2, -0.15) is 0 Å². The second-order valence-electron chi connectivity index (χ2n) is 8.41. The van der Waals surface area contributed by atoms with Crippen molar-refractivity contribution in [3.63, 3.8) is 0 Å². The molecule has 1 aliphatic heterocycles. The van der Waals surface area contributed by atoms with E-state index in [4.69, 9.17) is 21.1 Å². The summed E-state index contributed by atoms with van der Waals surface area (Å²) in [4.78, 5) is 32.2. The van der Waals surface area contributed by atoms with Crippen LogP contribution in [0.3, 0.4) is 0 Å². The Balaban J connectivity index is 1.86. The van der Waals surface area contributed by atoms with E-state index in [1.807, 2.05) is 36.4 Å². The lowest BCUT2D eigenvalue weighted by Gasteiger charge is -2.27. The first kappa shape index (κ1) is 24.8. The number of halogens is 1. The van der Waals surface area contributed by atoms with Crippen LogP contribution >= 0.6 is 22.9 Å². The number of rotatable bonds is 5. The highest BCUT2D eigenvalue weighted by molar-refractivity contribution is 7.07. The molecular formula is C28H23ClN2O5S. The van der Waals surface area contributed by atoms with Crippen LogP contribution in [-0.2, 0) is 9.53 Å². The van der Waals surface area contributed by atoms with Crippen LogP contribution in [0.5, 0.6) is 11.5 Å². The molecule has 0 spiro atoms. The van der Waals surface area contributed by atoms with Crippen molar-refractivity contribution < 1.29 is 19.4 Å². The summed E-state index contributed by atoms with van der Waals surface area (Å²) >= 11 is 7.28. The van der Waals surface area contributed by atoms with Gasteiger partial charge in [0.25, 0.3) is 5.56 Å². The molecule has 188 valence electrons.